The number of carbonyl (C=O) groups excluding carboxylic acids is 1. The van der Waals surface area contributed by atoms with Gasteiger partial charge >= 0.3 is 7.82 Å². The lowest BCUT2D eigenvalue weighted by atomic mass is 10.0. The molecule has 8 nitrogen and oxygen atoms in total. The first-order chi connectivity index (χ1) is 39.5. The van der Waals surface area contributed by atoms with Crippen LogP contribution in [0.25, 0.3) is 0 Å². The highest BCUT2D eigenvalue weighted by Crippen LogP contribution is 2.43. The number of quaternary nitrogens is 1. The molecule has 480 valence electrons. The Morgan fingerprint density at radius 1 is 0.407 bits per heavy atom. The topological polar surface area (TPSA) is 105 Å². The zero-order valence-electron chi connectivity index (χ0n) is 55.1. The summed E-state index contributed by atoms with van der Waals surface area (Å²) in [6, 6.07) is -0.869. The summed E-state index contributed by atoms with van der Waals surface area (Å²) in [4.78, 5) is 23.4. The van der Waals surface area contributed by atoms with E-state index in [1.807, 2.05) is 27.2 Å². The fraction of sp³-hybridized carbons (Fsp3) is 0.903. The molecule has 0 saturated heterocycles. The van der Waals surface area contributed by atoms with E-state index in [9.17, 15) is 19.4 Å². The van der Waals surface area contributed by atoms with Gasteiger partial charge in [-0.3, -0.25) is 13.8 Å². The molecule has 0 aliphatic carbocycles. The summed E-state index contributed by atoms with van der Waals surface area (Å²) in [7, 11) is 1.56. The number of amides is 1. The van der Waals surface area contributed by atoms with Gasteiger partial charge in [-0.05, 0) is 44.9 Å². The quantitative estimate of drug-likeness (QED) is 0.0243. The second-order valence-corrected chi connectivity index (χ2v) is 27.4. The summed E-state index contributed by atoms with van der Waals surface area (Å²) in [6.07, 6.45) is 84.7. The number of nitrogens with zero attached hydrogens (tertiary/aromatic N) is 1. The van der Waals surface area contributed by atoms with E-state index in [1.54, 1.807) is 6.08 Å². The molecule has 0 aromatic heterocycles. The van der Waals surface area contributed by atoms with Crippen LogP contribution in [-0.4, -0.2) is 73.4 Å². The molecule has 0 bridgehead atoms. The highest BCUT2D eigenvalue weighted by molar-refractivity contribution is 7.47. The van der Waals surface area contributed by atoms with Gasteiger partial charge in [0.2, 0.25) is 5.91 Å². The van der Waals surface area contributed by atoms with Gasteiger partial charge in [0.15, 0.2) is 0 Å². The summed E-state index contributed by atoms with van der Waals surface area (Å²) in [5, 5.41) is 14.0. The first kappa shape index (κ1) is 79.7. The van der Waals surface area contributed by atoms with E-state index in [2.05, 4.69) is 43.5 Å². The summed E-state index contributed by atoms with van der Waals surface area (Å²) in [5.74, 6) is -0.184. The number of unbranched alkanes of at least 4 members (excludes halogenated alkanes) is 50. The number of aliphatic hydroxyl groups is 1. The Morgan fingerprint density at radius 2 is 0.679 bits per heavy atom. The van der Waals surface area contributed by atoms with E-state index in [4.69, 9.17) is 9.05 Å². The van der Waals surface area contributed by atoms with Gasteiger partial charge in [0.05, 0.1) is 39.9 Å². The van der Waals surface area contributed by atoms with Crippen LogP contribution >= 0.6 is 7.82 Å². The molecule has 0 fully saturated rings. The number of hydrogen-bond donors (Lipinski definition) is 3. The minimum absolute atomic E-state index is 0.0553. The van der Waals surface area contributed by atoms with Gasteiger partial charge in [-0.15, -0.1) is 0 Å². The molecule has 0 aliphatic rings. The molecule has 3 N–H and O–H groups in total. The molecule has 3 unspecified atom stereocenters. The van der Waals surface area contributed by atoms with Crippen LogP contribution in [0.1, 0.15) is 367 Å². The average molecular weight is 1160 g/mol. The molecular formula is C72H142N2O6P+. The molecule has 1 amide bonds. The highest BCUT2D eigenvalue weighted by Gasteiger charge is 2.28. The van der Waals surface area contributed by atoms with Crippen molar-refractivity contribution in [2.45, 2.75) is 379 Å². The summed E-state index contributed by atoms with van der Waals surface area (Å²) in [5.41, 5.74) is 0. The maximum Gasteiger partial charge on any atom is 0.472 e. The second-order valence-electron chi connectivity index (χ2n) is 26.0. The fourth-order valence-electron chi connectivity index (χ4n) is 11.0. The number of phosphoric ester groups is 1. The standard InChI is InChI=1S/C72H141N2O6P/c1-6-8-10-12-14-16-18-20-22-24-26-28-29-30-31-32-33-34-35-36-37-38-39-40-41-42-43-44-45-46-48-50-52-54-56-58-60-62-64-66-72(76)73-70(69-80-81(77,78)79-68-67-74(3,4)5)71(75)65-63-61-59-57-55-53-51-49-47-27-25-23-21-19-17-15-13-11-9-7-2/h47,49,55,57,63,65,70-71,75H,6-46,48,50-54,56,58-62,64,66-69H2,1-5H3,(H-,73,76,77,78)/p+1/b49-47+,57-55+,65-63+. The normalized spacial score (nSPS) is 13.8. The number of nitrogens with one attached hydrogen (secondary N) is 1. The summed E-state index contributed by atoms with van der Waals surface area (Å²) in [6.45, 7) is 4.84. The maximum absolute atomic E-state index is 13.0. The van der Waals surface area contributed by atoms with Crippen LogP contribution in [0, 0.1) is 0 Å². The Kier molecular flexibility index (Phi) is 62.2. The molecule has 0 aromatic rings. The van der Waals surface area contributed by atoms with Gasteiger partial charge < -0.3 is 19.8 Å². The van der Waals surface area contributed by atoms with Crippen molar-refractivity contribution >= 4 is 13.7 Å². The Balaban J connectivity index is 3.94. The number of allylic oxidation sites excluding steroid dienone is 5. The molecule has 0 spiro atoms. The van der Waals surface area contributed by atoms with E-state index >= 15 is 0 Å². The fourth-order valence-corrected chi connectivity index (χ4v) is 11.8. The van der Waals surface area contributed by atoms with Crippen molar-refractivity contribution in [2.24, 2.45) is 0 Å². The Hall–Kier alpha value is -1.28. The highest BCUT2D eigenvalue weighted by atomic mass is 31.2. The monoisotopic (exact) mass is 1160 g/mol. The third-order valence-corrected chi connectivity index (χ3v) is 17.6. The zero-order chi connectivity index (χ0) is 59.1. The summed E-state index contributed by atoms with van der Waals surface area (Å²) >= 11 is 0. The molecule has 0 aromatic carbocycles. The van der Waals surface area contributed by atoms with E-state index in [0.29, 0.717) is 17.4 Å². The van der Waals surface area contributed by atoms with Crippen LogP contribution < -0.4 is 5.32 Å². The number of likely N-dealkylation sites (N-methyl/N-ethyl adjacent to an activating group) is 1. The van der Waals surface area contributed by atoms with Crippen molar-refractivity contribution in [1.82, 2.24) is 5.32 Å². The van der Waals surface area contributed by atoms with Crippen LogP contribution in [0.3, 0.4) is 0 Å². The first-order valence-electron chi connectivity index (χ1n) is 35.9. The molecule has 9 heteroatoms. The SMILES string of the molecule is CCCCCCCCCCCC/C=C/CC/C=C/CC/C=C/C(O)C(COP(=O)(O)OCC[N+](C)(C)C)NC(=O)CCCCCCCCCCCCCCCCCCCCCCCCCCCCCCCCCCCCCCCCC. The second kappa shape index (κ2) is 63.2. The Bertz CT molecular complexity index is 1410. The van der Waals surface area contributed by atoms with E-state index in [-0.39, 0.29) is 19.1 Å². The molecule has 0 aliphatic heterocycles. The maximum atomic E-state index is 13.0. The molecule has 81 heavy (non-hydrogen) atoms. The minimum atomic E-state index is -4.36. The van der Waals surface area contributed by atoms with Gasteiger partial charge in [0, 0.05) is 6.42 Å². The van der Waals surface area contributed by atoms with Gasteiger partial charge in [0.25, 0.3) is 0 Å². The van der Waals surface area contributed by atoms with Crippen molar-refractivity contribution in [1.29, 1.82) is 0 Å². The zero-order valence-corrected chi connectivity index (χ0v) is 55.9. The number of phosphoric acid groups is 1. The molecule has 3 atom stereocenters. The third kappa shape index (κ3) is 66.1. The van der Waals surface area contributed by atoms with Gasteiger partial charge in [-0.1, -0.05) is 352 Å². The number of aliphatic hydroxyl groups excluding tert-OH is 1. The predicted molar refractivity (Wildman–Crippen MR) is 355 cm³/mol. The lowest BCUT2D eigenvalue weighted by Gasteiger charge is -2.25. The lowest BCUT2D eigenvalue weighted by molar-refractivity contribution is -0.870. The first-order valence-corrected chi connectivity index (χ1v) is 37.4. The van der Waals surface area contributed by atoms with Crippen molar-refractivity contribution in [3.63, 3.8) is 0 Å². The van der Waals surface area contributed by atoms with E-state index in [1.165, 1.54) is 302 Å². The van der Waals surface area contributed by atoms with E-state index in [0.717, 1.165) is 44.9 Å². The van der Waals surface area contributed by atoms with Crippen molar-refractivity contribution in [2.75, 3.05) is 40.9 Å². The smallest absolute Gasteiger partial charge is 0.387 e. The molecular weight excluding hydrogens is 1020 g/mol. The van der Waals surface area contributed by atoms with Crippen LogP contribution in [-0.2, 0) is 18.4 Å². The van der Waals surface area contributed by atoms with Crippen molar-refractivity contribution in [3.05, 3.63) is 36.5 Å². The molecule has 0 saturated carbocycles. The molecule has 0 heterocycles. The van der Waals surface area contributed by atoms with Gasteiger partial charge in [-0.2, -0.15) is 0 Å². The predicted octanol–water partition coefficient (Wildman–Crippen LogP) is 22.8. The third-order valence-electron chi connectivity index (χ3n) is 16.6. The number of carbonyl (C=O) groups is 1. The van der Waals surface area contributed by atoms with Crippen LogP contribution in [0.2, 0.25) is 0 Å². The van der Waals surface area contributed by atoms with Crippen molar-refractivity contribution < 1.29 is 32.9 Å². The number of rotatable bonds is 67. The molecule has 0 radical (unpaired) electrons. The van der Waals surface area contributed by atoms with Crippen LogP contribution in [0.15, 0.2) is 36.5 Å². The van der Waals surface area contributed by atoms with Gasteiger partial charge in [-0.25, -0.2) is 4.57 Å². The van der Waals surface area contributed by atoms with E-state index < -0.39 is 20.0 Å². The summed E-state index contributed by atoms with van der Waals surface area (Å²) < 4.78 is 23.8. The van der Waals surface area contributed by atoms with Crippen molar-refractivity contribution in [3.8, 4) is 0 Å². The Labute approximate surface area is 506 Å². The largest absolute Gasteiger partial charge is 0.472 e. The van der Waals surface area contributed by atoms with Crippen LogP contribution in [0.4, 0.5) is 0 Å². The minimum Gasteiger partial charge on any atom is -0.387 e. The Morgan fingerprint density at radius 3 is 0.988 bits per heavy atom. The molecule has 0 rings (SSSR count). The lowest BCUT2D eigenvalue weighted by Crippen LogP contribution is -2.45. The number of hydrogen-bond acceptors (Lipinski definition) is 5. The van der Waals surface area contributed by atoms with Crippen LogP contribution in [0.5, 0.6) is 0 Å². The average Bonchev–Trinajstić information content (AvgIpc) is 3.43. The van der Waals surface area contributed by atoms with Gasteiger partial charge in [0.1, 0.15) is 13.2 Å².